The molecule has 4 rings (SSSR count). The third-order valence-corrected chi connectivity index (χ3v) is 4.96. The summed E-state index contributed by atoms with van der Waals surface area (Å²) in [5.41, 5.74) is 2.65. The zero-order valence-electron chi connectivity index (χ0n) is 15.7. The number of hydrogen-bond donors (Lipinski definition) is 1. The van der Waals surface area contributed by atoms with E-state index >= 15 is 0 Å². The number of carbonyl (C=O) groups is 1. The number of hydrogen-bond acceptors (Lipinski definition) is 3. The molecule has 0 radical (unpaired) electrons. The first kappa shape index (κ1) is 17.5. The Hall–Kier alpha value is -2.95. The fraction of sp³-hybridized carbons (Fsp3) is 0.318. The predicted octanol–water partition coefficient (Wildman–Crippen LogP) is 4.14. The van der Waals surface area contributed by atoms with Crippen LogP contribution in [0.1, 0.15) is 36.3 Å². The summed E-state index contributed by atoms with van der Waals surface area (Å²) in [5.74, 6) is 1.58. The Morgan fingerprint density at radius 3 is 2.89 bits per heavy atom. The van der Waals surface area contributed by atoms with E-state index < -0.39 is 0 Å². The fourth-order valence-corrected chi connectivity index (χ4v) is 3.61. The lowest BCUT2D eigenvalue weighted by molar-refractivity contribution is 0.0935. The van der Waals surface area contributed by atoms with Gasteiger partial charge in [0.2, 0.25) is 0 Å². The molecule has 1 aliphatic heterocycles. The van der Waals surface area contributed by atoms with Gasteiger partial charge in [-0.15, -0.1) is 0 Å². The molecule has 1 N–H and O–H groups in total. The van der Waals surface area contributed by atoms with Crippen molar-refractivity contribution in [3.63, 3.8) is 0 Å². The van der Waals surface area contributed by atoms with Crippen LogP contribution in [0.5, 0.6) is 11.5 Å². The molecular weight excluding hydrogens is 340 g/mol. The highest BCUT2D eigenvalue weighted by Gasteiger charge is 2.25. The van der Waals surface area contributed by atoms with E-state index in [1.165, 1.54) is 0 Å². The monoisotopic (exact) mass is 364 g/mol. The minimum Gasteiger partial charge on any atom is -0.494 e. The molecule has 0 aliphatic carbocycles. The first-order valence-electron chi connectivity index (χ1n) is 9.49. The Morgan fingerprint density at radius 2 is 2.07 bits per heavy atom. The summed E-state index contributed by atoms with van der Waals surface area (Å²) >= 11 is 0. The number of aromatic nitrogens is 1. The second-order valence-electron chi connectivity index (χ2n) is 6.71. The molecule has 0 spiro atoms. The second-order valence-corrected chi connectivity index (χ2v) is 6.71. The molecule has 1 aromatic heterocycles. The van der Waals surface area contributed by atoms with Crippen molar-refractivity contribution in [3.05, 3.63) is 59.8 Å². The van der Waals surface area contributed by atoms with Crippen LogP contribution >= 0.6 is 0 Å². The van der Waals surface area contributed by atoms with E-state index in [0.717, 1.165) is 34.4 Å². The largest absolute Gasteiger partial charge is 0.494 e. The average Bonchev–Trinajstić information content (AvgIpc) is 3.07. The molecule has 5 nitrogen and oxygen atoms in total. The number of carbonyl (C=O) groups excluding carboxylic acids is 1. The zero-order chi connectivity index (χ0) is 18.8. The smallest absolute Gasteiger partial charge is 0.268 e. The van der Waals surface area contributed by atoms with Gasteiger partial charge in [-0.25, -0.2) is 0 Å². The molecule has 0 saturated heterocycles. The third kappa shape index (κ3) is 3.25. The summed E-state index contributed by atoms with van der Waals surface area (Å²) in [4.78, 5) is 13.0. The summed E-state index contributed by atoms with van der Waals surface area (Å²) in [6.07, 6.45) is 0.984. The molecule has 0 bridgehead atoms. The van der Waals surface area contributed by atoms with Crippen molar-refractivity contribution in [2.75, 3.05) is 6.61 Å². The van der Waals surface area contributed by atoms with Crippen LogP contribution in [0.4, 0.5) is 0 Å². The lowest BCUT2D eigenvalue weighted by atomic mass is 10.2. The van der Waals surface area contributed by atoms with Crippen LogP contribution in [0.2, 0.25) is 0 Å². The Morgan fingerprint density at radius 1 is 1.22 bits per heavy atom. The maximum absolute atomic E-state index is 13.0. The molecule has 2 heterocycles. The minimum absolute atomic E-state index is 0.0831. The molecule has 0 unspecified atom stereocenters. The summed E-state index contributed by atoms with van der Waals surface area (Å²) in [7, 11) is 0. The predicted molar refractivity (Wildman–Crippen MR) is 105 cm³/mol. The summed E-state index contributed by atoms with van der Waals surface area (Å²) in [6, 6.07) is 15.7. The van der Waals surface area contributed by atoms with E-state index in [1.54, 1.807) is 0 Å². The van der Waals surface area contributed by atoms with Crippen LogP contribution in [-0.2, 0) is 13.1 Å². The van der Waals surface area contributed by atoms with Gasteiger partial charge in [-0.2, -0.15) is 0 Å². The van der Waals surface area contributed by atoms with Crippen LogP contribution in [-0.4, -0.2) is 23.2 Å². The first-order chi connectivity index (χ1) is 13.2. The second kappa shape index (κ2) is 7.35. The van der Waals surface area contributed by atoms with Gasteiger partial charge >= 0.3 is 0 Å². The quantitative estimate of drug-likeness (QED) is 0.715. The number of benzene rings is 2. The van der Waals surface area contributed by atoms with Gasteiger partial charge in [0.05, 0.1) is 18.7 Å². The highest BCUT2D eigenvalue weighted by atomic mass is 16.5. The molecule has 1 atom stereocenters. The van der Waals surface area contributed by atoms with Crippen molar-refractivity contribution in [3.8, 4) is 11.5 Å². The normalized spacial score (nSPS) is 15.4. The van der Waals surface area contributed by atoms with Crippen LogP contribution in [0, 0.1) is 0 Å². The van der Waals surface area contributed by atoms with Gasteiger partial charge in [-0.05, 0) is 31.5 Å². The lowest BCUT2D eigenvalue weighted by Gasteiger charge is -2.26. The molecule has 1 amide bonds. The van der Waals surface area contributed by atoms with Crippen LogP contribution < -0.4 is 14.8 Å². The SMILES string of the molecule is CCOc1ccccc1CNC(=O)c1cc2cccc3c2n1C[C@H](CC)O3. The van der Waals surface area contributed by atoms with E-state index in [9.17, 15) is 4.79 Å². The Balaban J connectivity index is 1.60. The Labute approximate surface area is 158 Å². The number of nitrogens with zero attached hydrogens (tertiary/aromatic N) is 1. The Bertz CT molecular complexity index is 977. The van der Waals surface area contributed by atoms with Gasteiger partial charge in [0, 0.05) is 17.5 Å². The van der Waals surface area contributed by atoms with Crippen molar-refractivity contribution in [1.82, 2.24) is 9.88 Å². The molecule has 140 valence electrons. The summed E-state index contributed by atoms with van der Waals surface area (Å²) < 4.78 is 13.8. The van der Waals surface area contributed by atoms with Gasteiger partial charge in [-0.3, -0.25) is 4.79 Å². The van der Waals surface area contributed by atoms with Crippen LogP contribution in [0.3, 0.4) is 0 Å². The third-order valence-electron chi connectivity index (χ3n) is 4.96. The molecular formula is C22H24N2O3. The van der Waals surface area contributed by atoms with Gasteiger partial charge in [0.15, 0.2) is 0 Å². The standard InChI is InChI=1S/C22H24N2O3/c1-3-17-14-24-18(12-15-9-7-11-20(27-17)21(15)24)22(25)23-13-16-8-5-6-10-19(16)26-4-2/h5-12,17H,3-4,13-14H2,1-2H3,(H,23,25)/t17-/m0/s1. The zero-order valence-corrected chi connectivity index (χ0v) is 15.7. The van der Waals surface area contributed by atoms with Gasteiger partial charge in [0.1, 0.15) is 23.3 Å². The number of nitrogens with one attached hydrogen (secondary N) is 1. The molecule has 3 aromatic rings. The number of rotatable bonds is 6. The van der Waals surface area contributed by atoms with E-state index in [4.69, 9.17) is 9.47 Å². The van der Waals surface area contributed by atoms with E-state index in [2.05, 4.69) is 16.8 Å². The Kier molecular flexibility index (Phi) is 4.75. The molecule has 1 aliphatic rings. The minimum atomic E-state index is -0.0831. The number of para-hydroxylation sites is 2. The highest BCUT2D eigenvalue weighted by Crippen LogP contribution is 2.34. The summed E-state index contributed by atoms with van der Waals surface area (Å²) in [5, 5.41) is 4.08. The van der Waals surface area contributed by atoms with E-state index in [0.29, 0.717) is 25.4 Å². The van der Waals surface area contributed by atoms with Crippen LogP contribution in [0.25, 0.3) is 10.9 Å². The van der Waals surface area contributed by atoms with Gasteiger partial charge < -0.3 is 19.4 Å². The lowest BCUT2D eigenvalue weighted by Crippen LogP contribution is -2.31. The fourth-order valence-electron chi connectivity index (χ4n) is 3.61. The molecule has 0 fully saturated rings. The maximum atomic E-state index is 13.0. The van der Waals surface area contributed by atoms with E-state index in [1.807, 2.05) is 55.5 Å². The molecule has 27 heavy (non-hydrogen) atoms. The summed E-state index contributed by atoms with van der Waals surface area (Å²) in [6.45, 7) is 5.77. The van der Waals surface area contributed by atoms with E-state index in [-0.39, 0.29) is 12.0 Å². The first-order valence-corrected chi connectivity index (χ1v) is 9.49. The van der Waals surface area contributed by atoms with Crippen molar-refractivity contribution in [2.45, 2.75) is 39.5 Å². The highest BCUT2D eigenvalue weighted by molar-refractivity contribution is 6.00. The topological polar surface area (TPSA) is 52.5 Å². The van der Waals surface area contributed by atoms with Crippen LogP contribution in [0.15, 0.2) is 48.5 Å². The van der Waals surface area contributed by atoms with Gasteiger partial charge in [0.25, 0.3) is 5.91 Å². The molecule has 0 saturated carbocycles. The maximum Gasteiger partial charge on any atom is 0.268 e. The molecule has 2 aromatic carbocycles. The van der Waals surface area contributed by atoms with Crippen molar-refractivity contribution < 1.29 is 14.3 Å². The average molecular weight is 364 g/mol. The molecule has 5 heteroatoms. The van der Waals surface area contributed by atoms with Crippen molar-refractivity contribution >= 4 is 16.8 Å². The number of ether oxygens (including phenoxy) is 2. The van der Waals surface area contributed by atoms with Crippen molar-refractivity contribution in [1.29, 1.82) is 0 Å². The number of amides is 1. The van der Waals surface area contributed by atoms with Crippen molar-refractivity contribution in [2.24, 2.45) is 0 Å². The van der Waals surface area contributed by atoms with Gasteiger partial charge in [-0.1, -0.05) is 37.3 Å².